The van der Waals surface area contributed by atoms with Gasteiger partial charge in [0.15, 0.2) is 0 Å². The van der Waals surface area contributed by atoms with Crippen LogP contribution in [0.4, 0.5) is 0 Å². The van der Waals surface area contributed by atoms with E-state index in [0.717, 1.165) is 11.1 Å². The average Bonchev–Trinajstić information content (AvgIpc) is 2.67. The van der Waals surface area contributed by atoms with E-state index in [4.69, 9.17) is 4.74 Å². The van der Waals surface area contributed by atoms with Gasteiger partial charge in [-0.2, -0.15) is 0 Å². The first-order valence-electron chi connectivity index (χ1n) is 8.72. The molecule has 0 radical (unpaired) electrons. The van der Waals surface area contributed by atoms with Gasteiger partial charge in [-0.25, -0.2) is 4.79 Å². The normalized spacial score (nSPS) is 12.5. The first-order valence-corrected chi connectivity index (χ1v) is 8.72. The summed E-state index contributed by atoms with van der Waals surface area (Å²) in [6, 6.07) is 17.3. The van der Waals surface area contributed by atoms with Gasteiger partial charge in [0.25, 0.3) is 0 Å². The maximum Gasteiger partial charge on any atom is 0.328 e. The third kappa shape index (κ3) is 6.58. The van der Waals surface area contributed by atoms with E-state index >= 15 is 0 Å². The van der Waals surface area contributed by atoms with Crippen LogP contribution in [0, 0.1) is 0 Å². The molecule has 0 aliphatic heterocycles. The number of carbonyl (C=O) groups excluding carboxylic acids is 3. The summed E-state index contributed by atoms with van der Waals surface area (Å²) in [6.45, 7) is 1.40. The summed E-state index contributed by atoms with van der Waals surface area (Å²) < 4.78 is 4.82. The molecule has 2 aromatic rings. The van der Waals surface area contributed by atoms with E-state index in [0.29, 0.717) is 6.42 Å². The van der Waals surface area contributed by atoms with Crippen molar-refractivity contribution in [1.82, 2.24) is 10.6 Å². The number of esters is 1. The molecule has 0 bridgehead atoms. The molecule has 6 heteroatoms. The Kier molecular flexibility index (Phi) is 7.55. The number of amides is 2. The van der Waals surface area contributed by atoms with Crippen LogP contribution in [0.5, 0.6) is 0 Å². The van der Waals surface area contributed by atoms with Crippen molar-refractivity contribution >= 4 is 17.8 Å². The Morgan fingerprint density at radius 2 is 1.52 bits per heavy atom. The number of hydrogen-bond donors (Lipinski definition) is 2. The van der Waals surface area contributed by atoms with Crippen LogP contribution in [-0.4, -0.2) is 30.9 Å². The minimum Gasteiger partial charge on any atom is -0.467 e. The summed E-state index contributed by atoms with van der Waals surface area (Å²) in [5, 5.41) is 5.50. The molecule has 2 N–H and O–H groups in total. The molecule has 0 fully saturated rings. The predicted molar refractivity (Wildman–Crippen MR) is 102 cm³/mol. The van der Waals surface area contributed by atoms with E-state index in [1.807, 2.05) is 60.7 Å². The van der Waals surface area contributed by atoms with Crippen LogP contribution < -0.4 is 10.6 Å². The number of methoxy groups -OCH3 is 1. The lowest BCUT2D eigenvalue weighted by Crippen LogP contribution is -2.44. The standard InChI is InChI=1S/C21H24N2O4/c1-15(24)22-18(17-11-7-4-8-12-17)14-20(25)23-19(21(26)27-2)13-16-9-5-3-6-10-16/h3-12,18-19H,13-14H2,1-2H3,(H,22,24)(H,23,25)/t18-,19-/m0/s1. The Morgan fingerprint density at radius 3 is 2.07 bits per heavy atom. The van der Waals surface area contributed by atoms with Crippen LogP contribution in [0.15, 0.2) is 60.7 Å². The molecule has 2 aromatic carbocycles. The van der Waals surface area contributed by atoms with Gasteiger partial charge >= 0.3 is 5.97 Å². The summed E-state index contributed by atoms with van der Waals surface area (Å²) >= 11 is 0. The van der Waals surface area contributed by atoms with Crippen LogP contribution in [0.1, 0.15) is 30.5 Å². The Bertz CT molecular complexity index is 762. The number of carbonyl (C=O) groups is 3. The second kappa shape index (κ2) is 10.1. The maximum absolute atomic E-state index is 12.6. The largest absolute Gasteiger partial charge is 0.467 e. The molecule has 142 valence electrons. The van der Waals surface area contributed by atoms with Gasteiger partial charge in [0.2, 0.25) is 11.8 Å². The fraction of sp³-hybridized carbons (Fsp3) is 0.286. The number of ether oxygens (including phenoxy) is 1. The highest BCUT2D eigenvalue weighted by Gasteiger charge is 2.24. The van der Waals surface area contributed by atoms with Crippen molar-refractivity contribution < 1.29 is 19.1 Å². The van der Waals surface area contributed by atoms with Gasteiger partial charge in [-0.05, 0) is 11.1 Å². The van der Waals surface area contributed by atoms with Crippen LogP contribution in [0.3, 0.4) is 0 Å². The number of rotatable bonds is 8. The van der Waals surface area contributed by atoms with Gasteiger partial charge in [0.1, 0.15) is 6.04 Å². The van der Waals surface area contributed by atoms with Crippen molar-refractivity contribution in [1.29, 1.82) is 0 Å². The Balaban J connectivity index is 2.08. The van der Waals surface area contributed by atoms with E-state index in [2.05, 4.69) is 10.6 Å². The molecule has 0 saturated heterocycles. The van der Waals surface area contributed by atoms with E-state index in [1.54, 1.807) is 0 Å². The molecule has 0 aliphatic carbocycles. The van der Waals surface area contributed by atoms with Gasteiger partial charge in [0.05, 0.1) is 19.6 Å². The molecule has 0 aromatic heterocycles. The van der Waals surface area contributed by atoms with Crippen molar-refractivity contribution in [3.8, 4) is 0 Å². The topological polar surface area (TPSA) is 84.5 Å². The zero-order valence-electron chi connectivity index (χ0n) is 15.5. The summed E-state index contributed by atoms with van der Waals surface area (Å²) in [5.41, 5.74) is 1.73. The van der Waals surface area contributed by atoms with Gasteiger partial charge in [0, 0.05) is 13.3 Å². The minimum atomic E-state index is -0.793. The molecule has 0 spiro atoms. The molecule has 0 aliphatic rings. The monoisotopic (exact) mass is 368 g/mol. The summed E-state index contributed by atoms with van der Waals surface area (Å²) in [4.78, 5) is 36.1. The van der Waals surface area contributed by atoms with Gasteiger partial charge in [-0.15, -0.1) is 0 Å². The number of hydrogen-bond acceptors (Lipinski definition) is 4. The second-order valence-electron chi connectivity index (χ2n) is 6.20. The zero-order chi connectivity index (χ0) is 19.6. The van der Waals surface area contributed by atoms with Crippen LogP contribution in [-0.2, 0) is 25.5 Å². The average molecular weight is 368 g/mol. The maximum atomic E-state index is 12.6. The molecular weight excluding hydrogens is 344 g/mol. The molecular formula is C21H24N2O4. The zero-order valence-corrected chi connectivity index (χ0v) is 15.5. The first-order chi connectivity index (χ1) is 13.0. The fourth-order valence-corrected chi connectivity index (χ4v) is 2.81. The van der Waals surface area contributed by atoms with E-state index in [-0.39, 0.29) is 18.2 Å². The van der Waals surface area contributed by atoms with E-state index in [1.165, 1.54) is 14.0 Å². The van der Waals surface area contributed by atoms with Crippen molar-refractivity contribution in [3.05, 3.63) is 71.8 Å². The molecule has 27 heavy (non-hydrogen) atoms. The molecule has 2 amide bonds. The van der Waals surface area contributed by atoms with Gasteiger partial charge in [-0.1, -0.05) is 60.7 Å². The van der Waals surface area contributed by atoms with E-state index < -0.39 is 18.1 Å². The molecule has 6 nitrogen and oxygen atoms in total. The predicted octanol–water partition coefficient (Wildman–Crippen LogP) is 2.15. The number of nitrogens with one attached hydrogen (secondary N) is 2. The Hall–Kier alpha value is -3.15. The van der Waals surface area contributed by atoms with Crippen molar-refractivity contribution in [2.45, 2.75) is 31.8 Å². The van der Waals surface area contributed by atoms with Crippen LogP contribution in [0.2, 0.25) is 0 Å². The summed E-state index contributed by atoms with van der Waals surface area (Å²) in [5.74, 6) is -1.09. The first kappa shape index (κ1) is 20.2. The SMILES string of the molecule is COC(=O)[C@H](Cc1ccccc1)NC(=O)C[C@H](NC(C)=O)c1ccccc1. The molecule has 0 unspecified atom stereocenters. The molecule has 2 atom stereocenters. The summed E-state index contributed by atoms with van der Waals surface area (Å²) in [6.07, 6.45) is 0.348. The second-order valence-corrected chi connectivity index (χ2v) is 6.20. The minimum absolute atomic E-state index is 0.0197. The highest BCUT2D eigenvalue weighted by atomic mass is 16.5. The van der Waals surface area contributed by atoms with E-state index in [9.17, 15) is 14.4 Å². The molecule has 2 rings (SSSR count). The van der Waals surface area contributed by atoms with Crippen molar-refractivity contribution in [2.24, 2.45) is 0 Å². The molecule has 0 heterocycles. The lowest BCUT2D eigenvalue weighted by atomic mass is 10.0. The third-order valence-corrected chi connectivity index (χ3v) is 4.07. The Morgan fingerprint density at radius 1 is 0.926 bits per heavy atom. The lowest BCUT2D eigenvalue weighted by Gasteiger charge is -2.21. The molecule has 0 saturated carbocycles. The lowest BCUT2D eigenvalue weighted by molar-refractivity contribution is -0.145. The number of benzene rings is 2. The van der Waals surface area contributed by atoms with Crippen LogP contribution >= 0.6 is 0 Å². The highest BCUT2D eigenvalue weighted by molar-refractivity contribution is 5.85. The van der Waals surface area contributed by atoms with Crippen LogP contribution in [0.25, 0.3) is 0 Å². The van der Waals surface area contributed by atoms with Gasteiger partial charge in [-0.3, -0.25) is 9.59 Å². The van der Waals surface area contributed by atoms with Crippen molar-refractivity contribution in [2.75, 3.05) is 7.11 Å². The van der Waals surface area contributed by atoms with Gasteiger partial charge < -0.3 is 15.4 Å². The smallest absolute Gasteiger partial charge is 0.328 e. The highest BCUT2D eigenvalue weighted by Crippen LogP contribution is 2.17. The third-order valence-electron chi connectivity index (χ3n) is 4.07. The summed E-state index contributed by atoms with van der Waals surface area (Å²) in [7, 11) is 1.29. The fourth-order valence-electron chi connectivity index (χ4n) is 2.81. The Labute approximate surface area is 158 Å². The quantitative estimate of drug-likeness (QED) is 0.700. The van der Waals surface area contributed by atoms with Crippen molar-refractivity contribution in [3.63, 3.8) is 0 Å².